The van der Waals surface area contributed by atoms with Crippen LogP contribution < -0.4 is 5.32 Å². The van der Waals surface area contributed by atoms with Gasteiger partial charge in [-0.1, -0.05) is 23.7 Å². The molecular weight excluding hydrogens is 312 g/mol. The summed E-state index contributed by atoms with van der Waals surface area (Å²) in [6.45, 7) is 0. The molecule has 1 saturated heterocycles. The highest BCUT2D eigenvalue weighted by Crippen LogP contribution is 2.28. The first-order chi connectivity index (χ1) is 10.5. The van der Waals surface area contributed by atoms with Gasteiger partial charge in [-0.3, -0.25) is 9.69 Å². The Morgan fingerprint density at radius 3 is 2.41 bits per heavy atom. The van der Waals surface area contributed by atoms with Crippen molar-refractivity contribution in [2.24, 2.45) is 0 Å². The predicted molar refractivity (Wildman–Crippen MR) is 77.0 cm³/mol. The third-order valence-corrected chi connectivity index (χ3v) is 3.59. The summed E-state index contributed by atoms with van der Waals surface area (Å²) in [4.78, 5) is 37.0. The van der Waals surface area contributed by atoms with Gasteiger partial charge in [-0.15, -0.1) is 0 Å². The number of hydrogen-bond acceptors (Lipinski definition) is 5. The van der Waals surface area contributed by atoms with Gasteiger partial charge in [0.1, 0.15) is 12.2 Å². The zero-order chi connectivity index (χ0) is 16.3. The van der Waals surface area contributed by atoms with Gasteiger partial charge >= 0.3 is 12.1 Å². The second kappa shape index (κ2) is 6.65. The van der Waals surface area contributed by atoms with E-state index in [4.69, 9.17) is 16.3 Å². The van der Waals surface area contributed by atoms with E-state index in [9.17, 15) is 14.4 Å². The van der Waals surface area contributed by atoms with Crippen LogP contribution in [-0.2, 0) is 19.1 Å². The van der Waals surface area contributed by atoms with E-state index in [1.54, 1.807) is 24.3 Å². The monoisotopic (exact) mass is 326 g/mol. The molecule has 1 aliphatic heterocycles. The predicted octanol–water partition coefficient (Wildman–Crippen LogP) is 1.47. The van der Waals surface area contributed by atoms with Gasteiger partial charge in [0.2, 0.25) is 5.91 Å². The number of amides is 2. The number of nitrogens with zero attached hydrogens (tertiary/aromatic N) is 1. The first kappa shape index (κ1) is 16.1. The Kier molecular flexibility index (Phi) is 4.87. The number of carbonyl (C=O) groups excluding carboxylic acids is 3. The Bertz CT molecular complexity index is 589. The second-order valence-corrected chi connectivity index (χ2v) is 5.08. The highest BCUT2D eigenvalue weighted by molar-refractivity contribution is 6.30. The molecule has 0 saturated carbocycles. The summed E-state index contributed by atoms with van der Waals surface area (Å²) < 4.78 is 9.40. The zero-order valence-electron chi connectivity index (χ0n) is 12.0. The lowest BCUT2D eigenvalue weighted by Gasteiger charge is -2.39. The molecule has 0 aliphatic carbocycles. The quantitative estimate of drug-likeness (QED) is 0.832. The summed E-state index contributed by atoms with van der Waals surface area (Å²) in [5.41, 5.74) is 0.594. The topological polar surface area (TPSA) is 84.9 Å². The standard InChI is InChI=1S/C14H15ClN2O5/c1-21-13(19)10-7-11(18)16-12(17(10)14(20)22-2)8-3-5-9(15)6-4-8/h3-6,10,12H,7H2,1-2H3,(H,16,18)/t10-,12-/m1/s1. The van der Waals surface area contributed by atoms with Crippen molar-refractivity contribution in [3.05, 3.63) is 34.9 Å². The minimum atomic E-state index is -1.05. The molecule has 8 heteroatoms. The molecule has 1 heterocycles. The maximum atomic E-state index is 12.1. The van der Waals surface area contributed by atoms with E-state index >= 15 is 0 Å². The first-order valence-corrected chi connectivity index (χ1v) is 6.84. The molecular formula is C14H15ClN2O5. The van der Waals surface area contributed by atoms with Gasteiger partial charge < -0.3 is 14.8 Å². The SMILES string of the molecule is COC(=O)[C@H]1CC(=O)N[C@@H](c2ccc(Cl)cc2)N1C(=O)OC. The second-order valence-electron chi connectivity index (χ2n) is 4.64. The van der Waals surface area contributed by atoms with Crippen LogP contribution in [0, 0.1) is 0 Å². The highest BCUT2D eigenvalue weighted by Gasteiger charge is 2.43. The van der Waals surface area contributed by atoms with Crippen LogP contribution in [0.2, 0.25) is 5.02 Å². The molecule has 2 rings (SSSR count). The molecule has 1 N–H and O–H groups in total. The van der Waals surface area contributed by atoms with E-state index in [2.05, 4.69) is 10.1 Å². The fourth-order valence-corrected chi connectivity index (χ4v) is 2.42. The molecule has 0 unspecified atom stereocenters. The van der Waals surface area contributed by atoms with Crippen LogP contribution in [-0.4, -0.2) is 43.1 Å². The van der Waals surface area contributed by atoms with Crippen LogP contribution in [0.5, 0.6) is 0 Å². The van der Waals surface area contributed by atoms with Crippen molar-refractivity contribution in [1.29, 1.82) is 0 Å². The number of ether oxygens (including phenoxy) is 2. The molecule has 1 aliphatic rings. The van der Waals surface area contributed by atoms with Crippen molar-refractivity contribution in [1.82, 2.24) is 10.2 Å². The molecule has 118 valence electrons. The molecule has 2 amide bonds. The number of rotatable bonds is 2. The molecule has 0 spiro atoms. The minimum Gasteiger partial charge on any atom is -0.467 e. The van der Waals surface area contributed by atoms with Gasteiger partial charge in [-0.2, -0.15) is 0 Å². The van der Waals surface area contributed by atoms with E-state index in [0.29, 0.717) is 10.6 Å². The Morgan fingerprint density at radius 2 is 1.86 bits per heavy atom. The maximum absolute atomic E-state index is 12.1. The molecule has 22 heavy (non-hydrogen) atoms. The summed E-state index contributed by atoms with van der Waals surface area (Å²) in [5, 5.41) is 3.18. The summed E-state index contributed by atoms with van der Waals surface area (Å²) >= 11 is 5.84. The zero-order valence-corrected chi connectivity index (χ0v) is 12.8. The lowest BCUT2D eigenvalue weighted by atomic mass is 10.0. The number of methoxy groups -OCH3 is 2. The largest absolute Gasteiger partial charge is 0.467 e. The fraction of sp³-hybridized carbons (Fsp3) is 0.357. The average Bonchev–Trinajstić information content (AvgIpc) is 2.53. The molecule has 7 nitrogen and oxygen atoms in total. The van der Waals surface area contributed by atoms with Crippen LogP contribution in [0.25, 0.3) is 0 Å². The van der Waals surface area contributed by atoms with E-state index in [0.717, 1.165) is 4.90 Å². The number of nitrogens with one attached hydrogen (secondary N) is 1. The third kappa shape index (κ3) is 3.14. The van der Waals surface area contributed by atoms with E-state index in [1.165, 1.54) is 14.2 Å². The van der Waals surface area contributed by atoms with Crippen molar-refractivity contribution in [2.45, 2.75) is 18.6 Å². The van der Waals surface area contributed by atoms with Crippen LogP contribution in [0.3, 0.4) is 0 Å². The smallest absolute Gasteiger partial charge is 0.412 e. The normalized spacial score (nSPS) is 21.0. The number of benzene rings is 1. The molecule has 0 radical (unpaired) electrons. The molecule has 1 aromatic carbocycles. The van der Waals surface area contributed by atoms with Crippen LogP contribution in [0.1, 0.15) is 18.2 Å². The van der Waals surface area contributed by atoms with Gasteiger partial charge in [0.25, 0.3) is 0 Å². The summed E-state index contributed by atoms with van der Waals surface area (Å²) in [7, 11) is 2.40. The van der Waals surface area contributed by atoms with Gasteiger partial charge in [0.15, 0.2) is 0 Å². The van der Waals surface area contributed by atoms with Crippen LogP contribution >= 0.6 is 11.6 Å². The van der Waals surface area contributed by atoms with Crippen molar-refractivity contribution < 1.29 is 23.9 Å². The highest BCUT2D eigenvalue weighted by atomic mass is 35.5. The van der Waals surface area contributed by atoms with E-state index in [1.807, 2.05) is 0 Å². The van der Waals surface area contributed by atoms with Crippen molar-refractivity contribution in [2.75, 3.05) is 14.2 Å². The van der Waals surface area contributed by atoms with Gasteiger partial charge in [-0.25, -0.2) is 9.59 Å². The number of carbonyl (C=O) groups is 3. The summed E-state index contributed by atoms with van der Waals surface area (Å²) in [5.74, 6) is -1.05. The van der Waals surface area contributed by atoms with Gasteiger partial charge in [0.05, 0.1) is 20.6 Å². The number of esters is 1. The van der Waals surface area contributed by atoms with Crippen LogP contribution in [0.4, 0.5) is 4.79 Å². The Hall–Kier alpha value is -2.28. The molecule has 1 aromatic rings. The summed E-state index contributed by atoms with van der Waals surface area (Å²) in [6.07, 6.45) is -1.77. The van der Waals surface area contributed by atoms with E-state index in [-0.39, 0.29) is 12.3 Å². The first-order valence-electron chi connectivity index (χ1n) is 6.47. The average molecular weight is 327 g/mol. The lowest BCUT2D eigenvalue weighted by Crippen LogP contribution is -2.58. The van der Waals surface area contributed by atoms with Crippen molar-refractivity contribution in [3.8, 4) is 0 Å². The number of halogens is 1. The van der Waals surface area contributed by atoms with Crippen molar-refractivity contribution >= 4 is 29.6 Å². The van der Waals surface area contributed by atoms with E-state index < -0.39 is 24.3 Å². The Balaban J connectivity index is 2.43. The Labute approximate surface area is 132 Å². The lowest BCUT2D eigenvalue weighted by molar-refractivity contribution is -0.153. The fourth-order valence-electron chi connectivity index (χ4n) is 2.29. The van der Waals surface area contributed by atoms with Gasteiger partial charge in [-0.05, 0) is 17.7 Å². The maximum Gasteiger partial charge on any atom is 0.412 e. The molecule has 2 atom stereocenters. The molecule has 0 aromatic heterocycles. The minimum absolute atomic E-state index is 0.189. The van der Waals surface area contributed by atoms with Crippen LogP contribution in [0.15, 0.2) is 24.3 Å². The number of hydrogen-bond donors (Lipinski definition) is 1. The Morgan fingerprint density at radius 1 is 1.23 bits per heavy atom. The summed E-state index contributed by atoms with van der Waals surface area (Å²) in [6, 6.07) is 5.51. The van der Waals surface area contributed by atoms with Gasteiger partial charge in [0, 0.05) is 5.02 Å². The molecule has 0 bridgehead atoms. The molecule has 1 fully saturated rings. The third-order valence-electron chi connectivity index (χ3n) is 3.33. The van der Waals surface area contributed by atoms with Crippen molar-refractivity contribution in [3.63, 3.8) is 0 Å².